The topological polar surface area (TPSA) is 53.2 Å². The smallest absolute Gasteiger partial charge is 0.346 e. The van der Waals surface area contributed by atoms with E-state index in [1.54, 1.807) is 6.07 Å². The summed E-state index contributed by atoms with van der Waals surface area (Å²) in [6.45, 7) is 0.581. The van der Waals surface area contributed by atoms with Gasteiger partial charge in [0.15, 0.2) is 5.60 Å². The van der Waals surface area contributed by atoms with E-state index in [-0.39, 0.29) is 21.5 Å². The molecule has 3 rings (SSSR count). The van der Waals surface area contributed by atoms with Gasteiger partial charge in [0.25, 0.3) is 0 Å². The molecule has 1 aliphatic carbocycles. The molecule has 0 heterocycles. The standard InChI is InChI=1S/C17H9BrF5NO2/c1-15(25)13-11(16(20,21)17(15,22)23)2-3-12(14(13)18)26-10-5-8(7-24)4-9(19)6-10/h2-6,25H,1H3. The van der Waals surface area contributed by atoms with Gasteiger partial charge in [0.2, 0.25) is 0 Å². The van der Waals surface area contributed by atoms with Gasteiger partial charge in [-0.2, -0.15) is 22.8 Å². The molecule has 0 amide bonds. The Kier molecular flexibility index (Phi) is 4.05. The molecule has 0 saturated heterocycles. The zero-order valence-electron chi connectivity index (χ0n) is 13.0. The van der Waals surface area contributed by atoms with Crippen molar-refractivity contribution >= 4 is 15.9 Å². The molecule has 0 saturated carbocycles. The summed E-state index contributed by atoms with van der Waals surface area (Å²) >= 11 is 2.91. The van der Waals surface area contributed by atoms with Gasteiger partial charge in [-0.25, -0.2) is 4.39 Å². The molecule has 1 unspecified atom stereocenters. The van der Waals surface area contributed by atoms with Crippen LogP contribution in [0.25, 0.3) is 0 Å². The average Bonchev–Trinajstić information content (AvgIpc) is 2.65. The summed E-state index contributed by atoms with van der Waals surface area (Å²) in [6.07, 6.45) is 0. The van der Waals surface area contributed by atoms with E-state index < -0.39 is 34.4 Å². The van der Waals surface area contributed by atoms with Gasteiger partial charge in [0, 0.05) is 17.2 Å². The van der Waals surface area contributed by atoms with Gasteiger partial charge in [-0.15, -0.1) is 0 Å². The second kappa shape index (κ2) is 5.66. The number of nitriles is 1. The van der Waals surface area contributed by atoms with Crippen molar-refractivity contribution in [3.05, 3.63) is 57.3 Å². The molecule has 26 heavy (non-hydrogen) atoms. The molecular formula is C17H9BrF5NO2. The number of fused-ring (bicyclic) bond motifs is 1. The fraction of sp³-hybridized carbons (Fsp3) is 0.235. The normalized spacial score (nSPS) is 22.6. The van der Waals surface area contributed by atoms with Gasteiger partial charge >= 0.3 is 11.8 Å². The van der Waals surface area contributed by atoms with E-state index in [1.165, 1.54) is 6.07 Å². The molecule has 0 radical (unpaired) electrons. The first kappa shape index (κ1) is 18.6. The molecule has 0 aromatic heterocycles. The van der Waals surface area contributed by atoms with Gasteiger partial charge in [-0.3, -0.25) is 0 Å². The molecular weight excluding hydrogens is 425 g/mol. The second-order valence-electron chi connectivity index (χ2n) is 5.91. The van der Waals surface area contributed by atoms with Crippen molar-refractivity contribution in [3.8, 4) is 17.6 Å². The zero-order valence-corrected chi connectivity index (χ0v) is 14.5. The maximum absolute atomic E-state index is 14.0. The Morgan fingerprint density at radius 3 is 2.42 bits per heavy atom. The van der Waals surface area contributed by atoms with Crippen molar-refractivity contribution in [2.24, 2.45) is 0 Å². The Hall–Kier alpha value is -2.18. The van der Waals surface area contributed by atoms with Crippen LogP contribution in [0, 0.1) is 17.1 Å². The largest absolute Gasteiger partial charge is 0.456 e. The first-order chi connectivity index (χ1) is 11.9. The minimum atomic E-state index is -4.74. The number of rotatable bonds is 2. The van der Waals surface area contributed by atoms with E-state index in [0.29, 0.717) is 6.92 Å². The van der Waals surface area contributed by atoms with Crippen LogP contribution in [0.2, 0.25) is 0 Å². The number of ether oxygens (including phenoxy) is 1. The number of halogens is 6. The summed E-state index contributed by atoms with van der Waals surface area (Å²) in [5.74, 6) is -10.4. The summed E-state index contributed by atoms with van der Waals surface area (Å²) in [6, 6.07) is 6.50. The lowest BCUT2D eigenvalue weighted by Gasteiger charge is -2.29. The van der Waals surface area contributed by atoms with E-state index in [2.05, 4.69) is 15.9 Å². The van der Waals surface area contributed by atoms with Gasteiger partial charge in [-0.05, 0) is 47.1 Å². The van der Waals surface area contributed by atoms with Crippen LogP contribution in [0.3, 0.4) is 0 Å². The molecule has 1 N–H and O–H groups in total. The van der Waals surface area contributed by atoms with Gasteiger partial charge in [0.05, 0.1) is 16.1 Å². The number of hydrogen-bond acceptors (Lipinski definition) is 3. The Bertz CT molecular complexity index is 953. The molecule has 3 nitrogen and oxygen atoms in total. The van der Waals surface area contributed by atoms with Crippen molar-refractivity contribution in [2.75, 3.05) is 0 Å². The predicted octanol–water partition coefficient (Wildman–Crippen LogP) is 5.20. The summed E-state index contributed by atoms with van der Waals surface area (Å²) in [4.78, 5) is 0. The first-order valence-corrected chi connectivity index (χ1v) is 7.93. The van der Waals surface area contributed by atoms with Crippen molar-refractivity contribution in [1.29, 1.82) is 5.26 Å². The van der Waals surface area contributed by atoms with Crippen LogP contribution < -0.4 is 4.74 Å². The SMILES string of the molecule is CC1(O)c2c(ccc(Oc3cc(F)cc(C#N)c3)c2Br)C(F)(F)C1(F)F. The number of nitrogens with zero attached hydrogens (tertiary/aromatic N) is 1. The Morgan fingerprint density at radius 2 is 1.81 bits per heavy atom. The predicted molar refractivity (Wildman–Crippen MR) is 83.7 cm³/mol. The van der Waals surface area contributed by atoms with Gasteiger partial charge < -0.3 is 9.84 Å². The molecule has 136 valence electrons. The third kappa shape index (κ3) is 2.40. The van der Waals surface area contributed by atoms with Crippen LogP contribution in [0.4, 0.5) is 22.0 Å². The van der Waals surface area contributed by atoms with Crippen LogP contribution in [-0.4, -0.2) is 11.0 Å². The van der Waals surface area contributed by atoms with Crippen LogP contribution in [0.15, 0.2) is 34.8 Å². The quantitative estimate of drug-likeness (QED) is 0.662. The summed E-state index contributed by atoms with van der Waals surface area (Å²) < 4.78 is 74.7. The highest BCUT2D eigenvalue weighted by molar-refractivity contribution is 9.10. The monoisotopic (exact) mass is 433 g/mol. The third-order valence-corrected chi connectivity index (χ3v) is 4.95. The van der Waals surface area contributed by atoms with Crippen molar-refractivity contribution in [1.82, 2.24) is 0 Å². The summed E-state index contributed by atoms with van der Waals surface area (Å²) in [5, 5.41) is 18.9. The Labute approximate surface area is 152 Å². The first-order valence-electron chi connectivity index (χ1n) is 7.13. The Morgan fingerprint density at radius 1 is 1.15 bits per heavy atom. The Balaban J connectivity index is 2.13. The maximum Gasteiger partial charge on any atom is 0.346 e. The lowest BCUT2D eigenvalue weighted by Crippen LogP contribution is -2.46. The van der Waals surface area contributed by atoms with E-state index in [9.17, 15) is 27.1 Å². The van der Waals surface area contributed by atoms with Crippen LogP contribution in [0.1, 0.15) is 23.6 Å². The lowest BCUT2D eigenvalue weighted by molar-refractivity contribution is -0.280. The maximum atomic E-state index is 14.0. The highest BCUT2D eigenvalue weighted by Crippen LogP contribution is 2.62. The van der Waals surface area contributed by atoms with E-state index >= 15 is 0 Å². The minimum absolute atomic E-state index is 0.0534. The molecule has 0 spiro atoms. The van der Waals surface area contributed by atoms with Crippen LogP contribution in [0.5, 0.6) is 11.5 Å². The molecule has 1 aliphatic rings. The van der Waals surface area contributed by atoms with E-state index in [4.69, 9.17) is 10.00 Å². The average molecular weight is 434 g/mol. The summed E-state index contributed by atoms with van der Waals surface area (Å²) in [5.41, 5.74) is -4.98. The molecule has 1 atom stereocenters. The number of alkyl halides is 4. The molecule has 0 bridgehead atoms. The molecule has 0 fully saturated rings. The molecule has 2 aromatic rings. The van der Waals surface area contributed by atoms with Gasteiger partial charge in [-0.1, -0.05) is 0 Å². The van der Waals surface area contributed by atoms with Crippen LogP contribution >= 0.6 is 15.9 Å². The lowest BCUT2D eigenvalue weighted by atomic mass is 9.95. The molecule has 2 aromatic carbocycles. The van der Waals surface area contributed by atoms with Crippen molar-refractivity contribution in [2.45, 2.75) is 24.4 Å². The van der Waals surface area contributed by atoms with E-state index in [0.717, 1.165) is 24.3 Å². The second-order valence-corrected chi connectivity index (χ2v) is 6.70. The third-order valence-electron chi connectivity index (χ3n) is 4.17. The van der Waals surface area contributed by atoms with Crippen molar-refractivity contribution in [3.63, 3.8) is 0 Å². The van der Waals surface area contributed by atoms with Crippen LogP contribution in [-0.2, 0) is 11.5 Å². The highest BCUT2D eigenvalue weighted by Gasteiger charge is 2.75. The minimum Gasteiger partial charge on any atom is -0.456 e. The summed E-state index contributed by atoms with van der Waals surface area (Å²) in [7, 11) is 0. The zero-order chi connectivity index (χ0) is 19.5. The van der Waals surface area contributed by atoms with E-state index in [1.807, 2.05) is 0 Å². The van der Waals surface area contributed by atoms with Crippen molar-refractivity contribution < 1.29 is 31.8 Å². The molecule has 9 heteroatoms. The number of benzene rings is 2. The fourth-order valence-corrected chi connectivity index (χ4v) is 3.63. The number of hydrogen-bond donors (Lipinski definition) is 1. The fourth-order valence-electron chi connectivity index (χ4n) is 2.82. The highest BCUT2D eigenvalue weighted by atomic mass is 79.9. The van der Waals surface area contributed by atoms with Gasteiger partial charge in [0.1, 0.15) is 17.3 Å². The number of aliphatic hydroxyl groups is 1. The molecule has 0 aliphatic heterocycles.